The SMILES string of the molecule is COc1ccc(-c2cc([C@@H]3CCCCCN3C(=O)C(C)C)on2)cc1. The highest BCUT2D eigenvalue weighted by atomic mass is 16.5. The van der Waals surface area contributed by atoms with Crippen molar-refractivity contribution in [2.45, 2.75) is 45.6 Å². The summed E-state index contributed by atoms with van der Waals surface area (Å²) in [5, 5.41) is 4.23. The van der Waals surface area contributed by atoms with Gasteiger partial charge in [-0.15, -0.1) is 0 Å². The molecule has 1 aromatic heterocycles. The maximum absolute atomic E-state index is 12.6. The number of ether oxygens (including phenoxy) is 1. The first-order chi connectivity index (χ1) is 12.1. The summed E-state index contributed by atoms with van der Waals surface area (Å²) in [6.07, 6.45) is 4.23. The molecule has 1 aliphatic rings. The quantitative estimate of drug-likeness (QED) is 0.824. The van der Waals surface area contributed by atoms with E-state index in [0.29, 0.717) is 0 Å². The van der Waals surface area contributed by atoms with Gasteiger partial charge in [0, 0.05) is 24.1 Å². The molecule has 1 aliphatic heterocycles. The van der Waals surface area contributed by atoms with E-state index in [1.54, 1.807) is 7.11 Å². The molecule has 0 spiro atoms. The summed E-state index contributed by atoms with van der Waals surface area (Å²) >= 11 is 0. The van der Waals surface area contributed by atoms with Gasteiger partial charge in [-0.05, 0) is 37.1 Å². The van der Waals surface area contributed by atoms with E-state index in [4.69, 9.17) is 9.26 Å². The predicted molar refractivity (Wildman–Crippen MR) is 96.3 cm³/mol. The Morgan fingerprint density at radius 1 is 1.24 bits per heavy atom. The van der Waals surface area contributed by atoms with Crippen molar-refractivity contribution in [2.75, 3.05) is 13.7 Å². The van der Waals surface area contributed by atoms with Gasteiger partial charge >= 0.3 is 0 Å². The molecule has 1 amide bonds. The standard InChI is InChI=1S/C20H26N2O3/c1-14(2)20(23)22-12-6-4-5-7-18(22)19-13-17(21-25-19)15-8-10-16(24-3)11-9-15/h8-11,13-14,18H,4-7,12H2,1-3H3/t18-/m0/s1. The number of hydrogen-bond donors (Lipinski definition) is 0. The number of hydrogen-bond acceptors (Lipinski definition) is 4. The van der Waals surface area contributed by atoms with Gasteiger partial charge in [0.05, 0.1) is 13.2 Å². The van der Waals surface area contributed by atoms with Crippen molar-refractivity contribution in [1.82, 2.24) is 10.1 Å². The average molecular weight is 342 g/mol. The van der Waals surface area contributed by atoms with Crippen LogP contribution < -0.4 is 4.74 Å². The number of nitrogens with zero attached hydrogens (tertiary/aromatic N) is 2. The first-order valence-electron chi connectivity index (χ1n) is 9.01. The second-order valence-corrected chi connectivity index (χ2v) is 6.89. The lowest BCUT2D eigenvalue weighted by molar-refractivity contribution is -0.137. The Morgan fingerprint density at radius 3 is 2.68 bits per heavy atom. The highest BCUT2D eigenvalue weighted by Crippen LogP contribution is 2.33. The highest BCUT2D eigenvalue weighted by Gasteiger charge is 2.30. The largest absolute Gasteiger partial charge is 0.497 e. The van der Waals surface area contributed by atoms with Crippen LogP contribution in [-0.2, 0) is 4.79 Å². The van der Waals surface area contributed by atoms with E-state index in [9.17, 15) is 4.79 Å². The molecular formula is C20H26N2O3. The van der Waals surface area contributed by atoms with Crippen molar-refractivity contribution in [1.29, 1.82) is 0 Å². The third-order valence-corrected chi connectivity index (χ3v) is 4.77. The molecule has 0 N–H and O–H groups in total. The fourth-order valence-corrected chi connectivity index (χ4v) is 3.34. The van der Waals surface area contributed by atoms with Crippen LogP contribution in [-0.4, -0.2) is 29.6 Å². The molecule has 5 heteroatoms. The second kappa shape index (κ2) is 7.72. The van der Waals surface area contributed by atoms with Crippen LogP contribution in [0.3, 0.4) is 0 Å². The Labute approximate surface area is 148 Å². The Morgan fingerprint density at radius 2 is 2.00 bits per heavy atom. The first-order valence-corrected chi connectivity index (χ1v) is 9.01. The van der Waals surface area contributed by atoms with Crippen molar-refractivity contribution < 1.29 is 14.1 Å². The van der Waals surface area contributed by atoms with Gasteiger partial charge in [-0.2, -0.15) is 0 Å². The minimum Gasteiger partial charge on any atom is -0.497 e. The molecule has 0 unspecified atom stereocenters. The minimum absolute atomic E-state index is 0.00965. The molecule has 0 saturated carbocycles. The topological polar surface area (TPSA) is 55.6 Å². The van der Waals surface area contributed by atoms with Gasteiger partial charge < -0.3 is 14.2 Å². The van der Waals surface area contributed by atoms with E-state index >= 15 is 0 Å². The van der Waals surface area contributed by atoms with E-state index in [0.717, 1.165) is 55.0 Å². The summed E-state index contributed by atoms with van der Waals surface area (Å²) in [5.41, 5.74) is 1.77. The van der Waals surface area contributed by atoms with Crippen LogP contribution in [0, 0.1) is 5.92 Å². The van der Waals surface area contributed by atoms with Crippen LogP contribution in [0.1, 0.15) is 51.3 Å². The Kier molecular flexibility index (Phi) is 5.41. The number of rotatable bonds is 4. The monoisotopic (exact) mass is 342 g/mol. The molecule has 134 valence electrons. The summed E-state index contributed by atoms with van der Waals surface area (Å²) in [7, 11) is 1.65. The average Bonchev–Trinajstić information content (AvgIpc) is 2.99. The normalized spacial score (nSPS) is 18.2. The summed E-state index contributed by atoms with van der Waals surface area (Å²) in [6.45, 7) is 4.70. The van der Waals surface area contributed by atoms with Crippen LogP contribution in [0.5, 0.6) is 5.75 Å². The van der Waals surface area contributed by atoms with Crippen LogP contribution in [0.15, 0.2) is 34.9 Å². The molecule has 3 rings (SSSR count). The van der Waals surface area contributed by atoms with Gasteiger partial charge in [0.25, 0.3) is 0 Å². The number of carbonyl (C=O) groups excluding carboxylic acids is 1. The number of benzene rings is 1. The zero-order chi connectivity index (χ0) is 17.8. The van der Waals surface area contributed by atoms with Crippen LogP contribution in [0.25, 0.3) is 11.3 Å². The lowest BCUT2D eigenvalue weighted by atomic mass is 10.0. The van der Waals surface area contributed by atoms with Crippen LogP contribution in [0.4, 0.5) is 0 Å². The van der Waals surface area contributed by atoms with Crippen molar-refractivity contribution in [2.24, 2.45) is 5.92 Å². The third-order valence-electron chi connectivity index (χ3n) is 4.77. The van der Waals surface area contributed by atoms with E-state index in [1.807, 2.05) is 49.1 Å². The molecule has 25 heavy (non-hydrogen) atoms. The predicted octanol–water partition coefficient (Wildman–Crippen LogP) is 4.45. The Bertz CT molecular complexity index is 706. The molecule has 2 heterocycles. The highest BCUT2D eigenvalue weighted by molar-refractivity contribution is 5.78. The number of carbonyl (C=O) groups is 1. The van der Waals surface area contributed by atoms with Gasteiger partial charge in [-0.3, -0.25) is 4.79 Å². The molecule has 2 aromatic rings. The molecule has 0 bridgehead atoms. The molecule has 1 saturated heterocycles. The summed E-state index contributed by atoms with van der Waals surface area (Å²) in [4.78, 5) is 14.6. The summed E-state index contributed by atoms with van der Waals surface area (Å²) < 4.78 is 10.8. The number of amides is 1. The smallest absolute Gasteiger partial charge is 0.225 e. The van der Waals surface area contributed by atoms with Crippen LogP contribution in [0.2, 0.25) is 0 Å². The summed E-state index contributed by atoms with van der Waals surface area (Å²) in [5.74, 6) is 1.77. The maximum Gasteiger partial charge on any atom is 0.225 e. The van der Waals surface area contributed by atoms with Gasteiger partial charge in [0.2, 0.25) is 5.91 Å². The number of likely N-dealkylation sites (tertiary alicyclic amines) is 1. The van der Waals surface area contributed by atoms with Gasteiger partial charge in [-0.1, -0.05) is 31.8 Å². The van der Waals surface area contributed by atoms with Gasteiger partial charge in [0.15, 0.2) is 5.76 Å². The summed E-state index contributed by atoms with van der Waals surface area (Å²) in [6, 6.07) is 9.69. The molecule has 0 radical (unpaired) electrons. The molecule has 5 nitrogen and oxygen atoms in total. The van der Waals surface area contributed by atoms with Crippen molar-refractivity contribution in [3.05, 3.63) is 36.1 Å². The minimum atomic E-state index is -0.0168. The number of aromatic nitrogens is 1. The van der Waals surface area contributed by atoms with E-state index < -0.39 is 0 Å². The van der Waals surface area contributed by atoms with E-state index in [1.165, 1.54) is 0 Å². The lowest BCUT2D eigenvalue weighted by Gasteiger charge is -2.29. The molecule has 0 aliphatic carbocycles. The molecule has 1 atom stereocenters. The molecular weight excluding hydrogens is 316 g/mol. The van der Waals surface area contributed by atoms with Crippen molar-refractivity contribution in [3.63, 3.8) is 0 Å². The maximum atomic E-state index is 12.6. The third kappa shape index (κ3) is 3.86. The van der Waals surface area contributed by atoms with E-state index in [2.05, 4.69) is 5.16 Å². The van der Waals surface area contributed by atoms with Crippen molar-refractivity contribution >= 4 is 5.91 Å². The zero-order valence-electron chi connectivity index (χ0n) is 15.2. The van der Waals surface area contributed by atoms with Gasteiger partial charge in [0.1, 0.15) is 11.4 Å². The van der Waals surface area contributed by atoms with Crippen LogP contribution >= 0.6 is 0 Å². The zero-order valence-corrected chi connectivity index (χ0v) is 15.2. The number of methoxy groups -OCH3 is 1. The lowest BCUT2D eigenvalue weighted by Crippen LogP contribution is -2.37. The molecule has 1 aromatic carbocycles. The Hall–Kier alpha value is -2.30. The molecule has 1 fully saturated rings. The fourth-order valence-electron chi connectivity index (χ4n) is 3.34. The second-order valence-electron chi connectivity index (χ2n) is 6.89. The first kappa shape index (κ1) is 17.5. The van der Waals surface area contributed by atoms with Crippen molar-refractivity contribution in [3.8, 4) is 17.0 Å². The Balaban J connectivity index is 1.86. The van der Waals surface area contributed by atoms with E-state index in [-0.39, 0.29) is 17.9 Å². The fraction of sp³-hybridized carbons (Fsp3) is 0.500. The van der Waals surface area contributed by atoms with Gasteiger partial charge in [-0.25, -0.2) is 0 Å².